The number of thiophene rings is 1. The summed E-state index contributed by atoms with van der Waals surface area (Å²) in [6.45, 7) is 5.23. The van der Waals surface area contributed by atoms with Gasteiger partial charge in [-0.2, -0.15) is 0 Å². The van der Waals surface area contributed by atoms with Crippen LogP contribution in [0.1, 0.15) is 30.2 Å². The number of ether oxygens (including phenoxy) is 1. The van der Waals surface area contributed by atoms with Gasteiger partial charge in [0.05, 0.1) is 25.8 Å². The van der Waals surface area contributed by atoms with E-state index in [1.807, 2.05) is 0 Å². The maximum atomic E-state index is 6.03. The molecular formula is C16H26N4OS. The highest BCUT2D eigenvalue weighted by molar-refractivity contribution is 7.10. The van der Waals surface area contributed by atoms with Gasteiger partial charge < -0.3 is 15.8 Å². The molecule has 1 aliphatic carbocycles. The van der Waals surface area contributed by atoms with Gasteiger partial charge in [-0.3, -0.25) is 9.89 Å². The normalized spacial score (nSPS) is 22.3. The highest BCUT2D eigenvalue weighted by atomic mass is 32.1. The fraction of sp³-hybridized carbons (Fsp3) is 0.688. The molecule has 1 unspecified atom stereocenters. The second kappa shape index (κ2) is 7.94. The summed E-state index contributed by atoms with van der Waals surface area (Å²) in [4.78, 5) is 8.41. The molecule has 0 radical (unpaired) electrons. The van der Waals surface area contributed by atoms with Crippen molar-refractivity contribution in [2.24, 2.45) is 16.6 Å². The zero-order chi connectivity index (χ0) is 15.2. The number of morpholine rings is 1. The van der Waals surface area contributed by atoms with Crippen LogP contribution in [0.2, 0.25) is 0 Å². The van der Waals surface area contributed by atoms with Crippen molar-refractivity contribution in [1.82, 2.24) is 10.2 Å². The monoisotopic (exact) mass is 322 g/mol. The van der Waals surface area contributed by atoms with Crippen LogP contribution in [0.15, 0.2) is 22.5 Å². The van der Waals surface area contributed by atoms with E-state index in [4.69, 9.17) is 10.5 Å². The summed E-state index contributed by atoms with van der Waals surface area (Å²) in [5.74, 6) is 1.38. The van der Waals surface area contributed by atoms with Crippen LogP contribution < -0.4 is 11.1 Å². The lowest BCUT2D eigenvalue weighted by molar-refractivity contribution is 0.0187. The van der Waals surface area contributed by atoms with E-state index >= 15 is 0 Å². The Kier molecular flexibility index (Phi) is 5.70. The lowest BCUT2D eigenvalue weighted by Crippen LogP contribution is -2.41. The number of nitrogens with one attached hydrogen (secondary N) is 1. The van der Waals surface area contributed by atoms with Gasteiger partial charge in [-0.15, -0.1) is 11.3 Å². The number of guanidine groups is 1. The molecule has 1 atom stereocenters. The first kappa shape index (κ1) is 15.8. The first-order valence-electron chi connectivity index (χ1n) is 8.22. The summed E-state index contributed by atoms with van der Waals surface area (Å²) in [7, 11) is 0. The summed E-state index contributed by atoms with van der Waals surface area (Å²) in [6, 6.07) is 4.61. The van der Waals surface area contributed by atoms with Crippen LogP contribution in [0.3, 0.4) is 0 Å². The van der Waals surface area contributed by atoms with E-state index in [1.54, 1.807) is 11.3 Å². The zero-order valence-electron chi connectivity index (χ0n) is 13.0. The molecule has 1 aromatic rings. The Bertz CT molecular complexity index is 467. The Morgan fingerprint density at radius 3 is 2.91 bits per heavy atom. The minimum absolute atomic E-state index is 0.313. The van der Waals surface area contributed by atoms with Crippen LogP contribution in [0.5, 0.6) is 0 Å². The van der Waals surface area contributed by atoms with E-state index in [-0.39, 0.29) is 0 Å². The lowest BCUT2D eigenvalue weighted by Gasteiger charge is -2.33. The summed E-state index contributed by atoms with van der Waals surface area (Å²) in [5, 5.41) is 5.41. The Hall–Kier alpha value is -1.11. The molecule has 0 bridgehead atoms. The van der Waals surface area contributed by atoms with Crippen molar-refractivity contribution in [3.05, 3.63) is 22.4 Å². The number of aliphatic imine (C=N–C) groups is 1. The molecule has 2 heterocycles. The highest BCUT2D eigenvalue weighted by Gasteiger charge is 2.23. The van der Waals surface area contributed by atoms with Gasteiger partial charge in [-0.1, -0.05) is 12.5 Å². The maximum absolute atomic E-state index is 6.03. The molecule has 0 amide bonds. The predicted octanol–water partition coefficient (Wildman–Crippen LogP) is 1.83. The molecule has 6 heteroatoms. The van der Waals surface area contributed by atoms with Gasteiger partial charge in [-0.05, 0) is 30.2 Å². The van der Waals surface area contributed by atoms with Crippen LogP contribution in [-0.4, -0.2) is 50.3 Å². The number of nitrogens with zero attached hydrogens (tertiary/aromatic N) is 2. The number of hydrogen-bond donors (Lipinski definition) is 2. The van der Waals surface area contributed by atoms with E-state index < -0.39 is 0 Å². The Morgan fingerprint density at radius 2 is 2.27 bits per heavy atom. The molecule has 1 aliphatic heterocycles. The molecule has 1 saturated carbocycles. The summed E-state index contributed by atoms with van der Waals surface area (Å²) < 4.78 is 5.47. The largest absolute Gasteiger partial charge is 0.379 e. The van der Waals surface area contributed by atoms with Crippen molar-refractivity contribution in [2.45, 2.75) is 25.3 Å². The maximum Gasteiger partial charge on any atom is 0.188 e. The van der Waals surface area contributed by atoms with Crippen molar-refractivity contribution in [3.63, 3.8) is 0 Å². The van der Waals surface area contributed by atoms with Gasteiger partial charge in [0, 0.05) is 24.5 Å². The van der Waals surface area contributed by atoms with Gasteiger partial charge in [0.25, 0.3) is 0 Å². The molecule has 2 fully saturated rings. The highest BCUT2D eigenvalue weighted by Crippen LogP contribution is 2.26. The third-order valence-electron chi connectivity index (χ3n) is 4.59. The average molecular weight is 322 g/mol. The molecular weight excluding hydrogens is 296 g/mol. The van der Waals surface area contributed by atoms with Crippen molar-refractivity contribution < 1.29 is 4.74 Å². The van der Waals surface area contributed by atoms with Crippen LogP contribution >= 0.6 is 11.3 Å². The van der Waals surface area contributed by atoms with E-state index in [0.29, 0.717) is 18.5 Å². The molecule has 0 aromatic carbocycles. The van der Waals surface area contributed by atoms with Gasteiger partial charge >= 0.3 is 0 Å². The summed E-state index contributed by atoms with van der Waals surface area (Å²) >= 11 is 1.79. The SMILES string of the molecule is NC(=NCC(c1cccs1)N1CCOCC1)NCC1CCC1. The van der Waals surface area contributed by atoms with Crippen LogP contribution in [-0.2, 0) is 4.74 Å². The first-order chi connectivity index (χ1) is 10.8. The van der Waals surface area contributed by atoms with Crippen LogP contribution in [0.4, 0.5) is 0 Å². The van der Waals surface area contributed by atoms with Crippen LogP contribution in [0.25, 0.3) is 0 Å². The van der Waals surface area contributed by atoms with Crippen LogP contribution in [0, 0.1) is 5.92 Å². The standard InChI is InChI=1S/C16H26N4OS/c17-16(18-11-13-3-1-4-13)19-12-14(15-5-2-10-22-15)20-6-8-21-9-7-20/h2,5,10,13-14H,1,3-4,6-9,11-12H2,(H3,17,18,19). The Morgan fingerprint density at radius 1 is 1.45 bits per heavy atom. The van der Waals surface area contributed by atoms with Gasteiger partial charge in [-0.25, -0.2) is 0 Å². The van der Waals surface area contributed by atoms with E-state index in [0.717, 1.165) is 38.8 Å². The van der Waals surface area contributed by atoms with E-state index in [1.165, 1.54) is 24.1 Å². The molecule has 2 aliphatic rings. The fourth-order valence-corrected chi connectivity index (χ4v) is 3.79. The van der Waals surface area contributed by atoms with Gasteiger partial charge in [0.1, 0.15) is 0 Å². The summed E-state index contributed by atoms with van der Waals surface area (Å²) in [6.07, 6.45) is 4.01. The molecule has 0 spiro atoms. The zero-order valence-corrected chi connectivity index (χ0v) is 13.9. The minimum atomic E-state index is 0.313. The second-order valence-electron chi connectivity index (χ2n) is 6.08. The first-order valence-corrected chi connectivity index (χ1v) is 9.10. The van der Waals surface area contributed by atoms with Crippen molar-refractivity contribution in [1.29, 1.82) is 0 Å². The van der Waals surface area contributed by atoms with E-state index in [9.17, 15) is 0 Å². The van der Waals surface area contributed by atoms with Gasteiger partial charge in [0.2, 0.25) is 0 Å². The van der Waals surface area contributed by atoms with E-state index in [2.05, 4.69) is 32.7 Å². The number of hydrogen-bond acceptors (Lipinski definition) is 4. The third-order valence-corrected chi connectivity index (χ3v) is 5.56. The molecule has 22 heavy (non-hydrogen) atoms. The number of rotatable bonds is 6. The number of nitrogens with two attached hydrogens (primary N) is 1. The average Bonchev–Trinajstić information content (AvgIpc) is 3.01. The van der Waals surface area contributed by atoms with Gasteiger partial charge in [0.15, 0.2) is 5.96 Å². The lowest BCUT2D eigenvalue weighted by atomic mass is 9.85. The molecule has 3 N–H and O–H groups in total. The Labute approximate surface area is 136 Å². The third kappa shape index (κ3) is 4.21. The predicted molar refractivity (Wildman–Crippen MR) is 91.3 cm³/mol. The molecule has 3 rings (SSSR count). The molecule has 1 aromatic heterocycles. The molecule has 1 saturated heterocycles. The Balaban J connectivity index is 1.56. The second-order valence-corrected chi connectivity index (χ2v) is 7.06. The van der Waals surface area contributed by atoms with Crippen molar-refractivity contribution >= 4 is 17.3 Å². The van der Waals surface area contributed by atoms with Crippen molar-refractivity contribution in [2.75, 3.05) is 39.4 Å². The summed E-state index contributed by atoms with van der Waals surface area (Å²) in [5.41, 5.74) is 6.03. The smallest absolute Gasteiger partial charge is 0.188 e. The molecule has 5 nitrogen and oxygen atoms in total. The quantitative estimate of drug-likeness (QED) is 0.619. The minimum Gasteiger partial charge on any atom is -0.379 e. The van der Waals surface area contributed by atoms with Crippen molar-refractivity contribution in [3.8, 4) is 0 Å². The molecule has 122 valence electrons. The fourth-order valence-electron chi connectivity index (χ4n) is 2.94. The topological polar surface area (TPSA) is 62.9 Å².